The van der Waals surface area contributed by atoms with Crippen molar-refractivity contribution in [2.75, 3.05) is 5.32 Å². The average Bonchev–Trinajstić information content (AvgIpc) is 2.73. The molecule has 0 aliphatic heterocycles. The van der Waals surface area contributed by atoms with Crippen LogP contribution < -0.4 is 21.7 Å². The molecule has 0 bridgehead atoms. The number of hydrogen-bond donors (Lipinski definition) is 5. The van der Waals surface area contributed by atoms with Crippen LogP contribution in [0.15, 0.2) is 18.2 Å². The zero-order valence-electron chi connectivity index (χ0n) is 23.9. The van der Waals surface area contributed by atoms with E-state index in [9.17, 15) is 24.3 Å². The minimum atomic E-state index is -0.896. The van der Waals surface area contributed by atoms with E-state index < -0.39 is 59.1 Å². The highest BCUT2D eigenvalue weighted by Gasteiger charge is 2.27. The number of esters is 1. The Morgan fingerprint density at radius 2 is 1.50 bits per heavy atom. The van der Waals surface area contributed by atoms with Gasteiger partial charge in [-0.05, 0) is 85.9 Å². The SMILES string of the molecule is CC(N)C(=O)NC(C)C(=O)Nc1cc(C[C@@H](CC(C)C(=O)OC(C)(C)C)NC(=O)OC(C)(C)C)ccc1O. The molecule has 11 heteroatoms. The van der Waals surface area contributed by atoms with Gasteiger partial charge in [-0.25, -0.2) is 4.79 Å². The molecule has 3 unspecified atom stereocenters. The first-order valence-electron chi connectivity index (χ1n) is 12.7. The standard InChI is InChI=1S/C27H44N4O7/c1-15(24(35)37-26(4,5)6)12-19(30-25(36)38-27(7,8)9)13-18-10-11-21(32)20(14-18)31-23(34)17(3)29-22(33)16(2)28/h10-11,14-17,19,32H,12-13,28H2,1-9H3,(H,29,33)(H,30,36)(H,31,34)/t15?,16?,17?,19-/m1/s1. The van der Waals surface area contributed by atoms with Crippen LogP contribution in [0.5, 0.6) is 5.75 Å². The average molecular weight is 537 g/mol. The number of phenols is 1. The minimum Gasteiger partial charge on any atom is -0.506 e. The molecule has 3 amide bonds. The smallest absolute Gasteiger partial charge is 0.407 e. The largest absolute Gasteiger partial charge is 0.506 e. The van der Waals surface area contributed by atoms with Crippen LogP contribution in [0.3, 0.4) is 0 Å². The second-order valence-electron chi connectivity index (χ2n) is 11.6. The van der Waals surface area contributed by atoms with Crippen molar-refractivity contribution in [1.29, 1.82) is 0 Å². The second-order valence-corrected chi connectivity index (χ2v) is 11.6. The third kappa shape index (κ3) is 12.3. The summed E-state index contributed by atoms with van der Waals surface area (Å²) in [5.41, 5.74) is 4.96. The van der Waals surface area contributed by atoms with E-state index in [4.69, 9.17) is 15.2 Å². The van der Waals surface area contributed by atoms with Crippen molar-refractivity contribution in [2.24, 2.45) is 11.7 Å². The first kappa shape index (κ1) is 32.7. The summed E-state index contributed by atoms with van der Waals surface area (Å²) in [5.74, 6) is -2.13. The zero-order chi connectivity index (χ0) is 29.4. The molecule has 0 saturated carbocycles. The van der Waals surface area contributed by atoms with Gasteiger partial charge in [0.2, 0.25) is 11.8 Å². The maximum atomic E-state index is 12.6. The molecular formula is C27H44N4O7. The minimum absolute atomic E-state index is 0.130. The Morgan fingerprint density at radius 3 is 2.03 bits per heavy atom. The Labute approximate surface area is 225 Å². The summed E-state index contributed by atoms with van der Waals surface area (Å²) in [6, 6.07) is 2.43. The van der Waals surface area contributed by atoms with Gasteiger partial charge in [-0.3, -0.25) is 14.4 Å². The third-order valence-electron chi connectivity index (χ3n) is 5.13. The van der Waals surface area contributed by atoms with Crippen LogP contribution in [0.1, 0.15) is 74.3 Å². The van der Waals surface area contributed by atoms with Gasteiger partial charge in [0.15, 0.2) is 0 Å². The normalized spacial score (nSPS) is 14.9. The Balaban J connectivity index is 3.09. The zero-order valence-corrected chi connectivity index (χ0v) is 23.9. The number of carbonyl (C=O) groups is 4. The summed E-state index contributed by atoms with van der Waals surface area (Å²) in [6.07, 6.45) is -0.103. The topological polar surface area (TPSA) is 169 Å². The van der Waals surface area contributed by atoms with Gasteiger partial charge in [0.25, 0.3) is 0 Å². The molecule has 0 aliphatic rings. The van der Waals surface area contributed by atoms with Crippen molar-refractivity contribution in [3.8, 4) is 5.75 Å². The molecule has 38 heavy (non-hydrogen) atoms. The molecule has 0 spiro atoms. The van der Waals surface area contributed by atoms with Gasteiger partial charge >= 0.3 is 12.1 Å². The van der Waals surface area contributed by atoms with Crippen molar-refractivity contribution < 1.29 is 33.8 Å². The van der Waals surface area contributed by atoms with Crippen molar-refractivity contribution in [2.45, 2.75) is 104 Å². The molecule has 1 aromatic carbocycles. The summed E-state index contributed by atoms with van der Waals surface area (Å²) >= 11 is 0. The Hall–Kier alpha value is -3.34. The van der Waals surface area contributed by atoms with Crippen LogP contribution >= 0.6 is 0 Å². The van der Waals surface area contributed by atoms with Crippen LogP contribution in [-0.2, 0) is 30.3 Å². The van der Waals surface area contributed by atoms with Gasteiger partial charge in [0.1, 0.15) is 23.0 Å². The van der Waals surface area contributed by atoms with Gasteiger partial charge in [0, 0.05) is 6.04 Å². The number of amides is 3. The first-order chi connectivity index (χ1) is 17.3. The van der Waals surface area contributed by atoms with E-state index in [2.05, 4.69) is 16.0 Å². The maximum Gasteiger partial charge on any atom is 0.407 e. The number of rotatable bonds is 10. The summed E-state index contributed by atoms with van der Waals surface area (Å²) in [7, 11) is 0. The van der Waals surface area contributed by atoms with Gasteiger partial charge < -0.3 is 36.3 Å². The fourth-order valence-electron chi connectivity index (χ4n) is 3.34. The van der Waals surface area contributed by atoms with E-state index in [1.54, 1.807) is 60.6 Å². The summed E-state index contributed by atoms with van der Waals surface area (Å²) in [5, 5.41) is 18.2. The number of nitrogens with one attached hydrogen (secondary N) is 3. The molecule has 214 valence electrons. The first-order valence-corrected chi connectivity index (χ1v) is 12.7. The fourth-order valence-corrected chi connectivity index (χ4v) is 3.34. The van der Waals surface area contributed by atoms with Crippen LogP contribution in [0.4, 0.5) is 10.5 Å². The van der Waals surface area contributed by atoms with Gasteiger partial charge in [0.05, 0.1) is 17.6 Å². The molecule has 0 radical (unpaired) electrons. The highest BCUT2D eigenvalue weighted by atomic mass is 16.6. The highest BCUT2D eigenvalue weighted by Crippen LogP contribution is 2.26. The molecule has 0 aromatic heterocycles. The number of alkyl carbamates (subject to hydrolysis) is 1. The Bertz CT molecular complexity index is 996. The van der Waals surface area contributed by atoms with Crippen molar-refractivity contribution >= 4 is 29.6 Å². The molecule has 0 aliphatic carbocycles. The fraction of sp³-hybridized carbons (Fsp3) is 0.630. The van der Waals surface area contributed by atoms with Crippen LogP contribution in [-0.4, -0.2) is 58.3 Å². The lowest BCUT2D eigenvalue weighted by molar-refractivity contribution is -0.159. The Morgan fingerprint density at radius 1 is 0.921 bits per heavy atom. The summed E-state index contributed by atoms with van der Waals surface area (Å²) < 4.78 is 10.9. The lowest BCUT2D eigenvalue weighted by Crippen LogP contribution is -2.47. The van der Waals surface area contributed by atoms with Gasteiger partial charge in [-0.1, -0.05) is 13.0 Å². The van der Waals surface area contributed by atoms with Crippen molar-refractivity contribution in [1.82, 2.24) is 10.6 Å². The number of hydrogen-bond acceptors (Lipinski definition) is 8. The van der Waals surface area contributed by atoms with Crippen LogP contribution in [0.25, 0.3) is 0 Å². The molecule has 4 atom stereocenters. The molecule has 1 aromatic rings. The molecular weight excluding hydrogens is 492 g/mol. The van der Waals surface area contributed by atoms with Gasteiger partial charge in [-0.15, -0.1) is 0 Å². The molecule has 6 N–H and O–H groups in total. The van der Waals surface area contributed by atoms with Crippen molar-refractivity contribution in [3.63, 3.8) is 0 Å². The second kappa shape index (κ2) is 13.5. The maximum absolute atomic E-state index is 12.6. The lowest BCUT2D eigenvalue weighted by Gasteiger charge is -2.27. The third-order valence-corrected chi connectivity index (χ3v) is 5.13. The predicted octanol–water partition coefficient (Wildman–Crippen LogP) is 2.99. The number of carbonyl (C=O) groups excluding carboxylic acids is 4. The quantitative estimate of drug-likeness (QED) is 0.224. The lowest BCUT2D eigenvalue weighted by atomic mass is 9.95. The molecule has 0 fully saturated rings. The molecule has 1 rings (SSSR count). The van der Waals surface area contributed by atoms with Crippen LogP contribution in [0, 0.1) is 5.92 Å². The number of nitrogens with two attached hydrogens (primary N) is 1. The van der Waals surface area contributed by atoms with Crippen molar-refractivity contribution in [3.05, 3.63) is 23.8 Å². The van der Waals surface area contributed by atoms with E-state index >= 15 is 0 Å². The number of phenolic OH excluding ortho intramolecular Hbond substituents is 1. The number of ether oxygens (including phenoxy) is 2. The van der Waals surface area contributed by atoms with E-state index in [-0.39, 0.29) is 24.3 Å². The highest BCUT2D eigenvalue weighted by molar-refractivity contribution is 5.98. The summed E-state index contributed by atoms with van der Waals surface area (Å²) in [4.78, 5) is 49.5. The number of anilines is 1. The predicted molar refractivity (Wildman–Crippen MR) is 144 cm³/mol. The number of benzene rings is 1. The van der Waals surface area contributed by atoms with Crippen LogP contribution in [0.2, 0.25) is 0 Å². The number of aromatic hydroxyl groups is 1. The van der Waals surface area contributed by atoms with E-state index in [1.807, 2.05) is 0 Å². The van der Waals surface area contributed by atoms with E-state index in [0.29, 0.717) is 5.56 Å². The van der Waals surface area contributed by atoms with E-state index in [1.165, 1.54) is 19.9 Å². The molecule has 11 nitrogen and oxygen atoms in total. The van der Waals surface area contributed by atoms with E-state index in [0.717, 1.165) is 0 Å². The molecule has 0 saturated heterocycles. The summed E-state index contributed by atoms with van der Waals surface area (Å²) in [6.45, 7) is 15.3. The molecule has 0 heterocycles. The van der Waals surface area contributed by atoms with Gasteiger partial charge in [-0.2, -0.15) is 0 Å². The monoisotopic (exact) mass is 536 g/mol. The Kier molecular flexibility index (Phi) is 11.6.